The SMILES string of the molecule is Cc1ccc(C(O)CSC2CCCCC2)cc1F. The second-order valence-electron chi connectivity index (χ2n) is 5.12. The molecule has 3 heteroatoms. The van der Waals surface area contributed by atoms with E-state index < -0.39 is 6.10 Å². The van der Waals surface area contributed by atoms with E-state index in [2.05, 4.69) is 0 Å². The van der Waals surface area contributed by atoms with Gasteiger partial charge in [-0.15, -0.1) is 0 Å². The third-order valence-electron chi connectivity index (χ3n) is 3.62. The summed E-state index contributed by atoms with van der Waals surface area (Å²) in [5.41, 5.74) is 1.33. The summed E-state index contributed by atoms with van der Waals surface area (Å²) in [6.45, 7) is 1.74. The molecule has 18 heavy (non-hydrogen) atoms. The standard InChI is InChI=1S/C15H21FOS/c1-11-7-8-12(9-14(11)16)15(17)10-18-13-5-3-2-4-6-13/h7-9,13,15,17H,2-6,10H2,1H3. The predicted octanol–water partition coefficient (Wildman–Crippen LogP) is 4.23. The summed E-state index contributed by atoms with van der Waals surface area (Å²) in [6.07, 6.45) is 5.95. The monoisotopic (exact) mass is 268 g/mol. The Labute approximate surface area is 113 Å². The van der Waals surface area contributed by atoms with Crippen LogP contribution in [-0.2, 0) is 0 Å². The Morgan fingerprint density at radius 2 is 2.06 bits per heavy atom. The molecule has 1 aromatic carbocycles. The first kappa shape index (κ1) is 13.9. The van der Waals surface area contributed by atoms with Crippen LogP contribution in [0, 0.1) is 12.7 Å². The van der Waals surface area contributed by atoms with Crippen LogP contribution in [0.2, 0.25) is 0 Å². The molecule has 1 N–H and O–H groups in total. The van der Waals surface area contributed by atoms with Crippen LogP contribution in [-0.4, -0.2) is 16.1 Å². The Hall–Kier alpha value is -0.540. The highest BCUT2D eigenvalue weighted by Gasteiger charge is 2.16. The van der Waals surface area contributed by atoms with Crippen molar-refractivity contribution in [3.8, 4) is 0 Å². The third kappa shape index (κ3) is 3.72. The van der Waals surface area contributed by atoms with E-state index in [9.17, 15) is 9.50 Å². The number of thioether (sulfide) groups is 1. The number of rotatable bonds is 4. The van der Waals surface area contributed by atoms with Gasteiger partial charge in [0.1, 0.15) is 5.82 Å². The van der Waals surface area contributed by atoms with Gasteiger partial charge in [0.2, 0.25) is 0 Å². The van der Waals surface area contributed by atoms with Crippen LogP contribution in [0.3, 0.4) is 0 Å². The highest BCUT2D eigenvalue weighted by molar-refractivity contribution is 7.99. The van der Waals surface area contributed by atoms with Crippen LogP contribution in [0.5, 0.6) is 0 Å². The van der Waals surface area contributed by atoms with Gasteiger partial charge in [0.05, 0.1) is 6.10 Å². The quantitative estimate of drug-likeness (QED) is 0.881. The van der Waals surface area contributed by atoms with Crippen LogP contribution in [0.25, 0.3) is 0 Å². The summed E-state index contributed by atoms with van der Waals surface area (Å²) in [5, 5.41) is 10.8. The van der Waals surface area contributed by atoms with E-state index in [0.717, 1.165) is 0 Å². The van der Waals surface area contributed by atoms with E-state index >= 15 is 0 Å². The molecule has 1 aliphatic rings. The molecule has 1 atom stereocenters. The summed E-state index contributed by atoms with van der Waals surface area (Å²) >= 11 is 1.84. The summed E-state index contributed by atoms with van der Waals surface area (Å²) in [5.74, 6) is 0.446. The minimum atomic E-state index is -0.549. The average Bonchev–Trinajstić information content (AvgIpc) is 2.40. The molecule has 1 saturated carbocycles. The molecule has 0 bridgehead atoms. The van der Waals surface area contributed by atoms with E-state index in [0.29, 0.717) is 22.1 Å². The number of hydrogen-bond acceptors (Lipinski definition) is 2. The molecule has 0 aromatic heterocycles. The molecule has 1 fully saturated rings. The topological polar surface area (TPSA) is 20.2 Å². The smallest absolute Gasteiger partial charge is 0.126 e. The number of hydrogen-bond donors (Lipinski definition) is 1. The lowest BCUT2D eigenvalue weighted by Crippen LogP contribution is -2.11. The van der Waals surface area contributed by atoms with Gasteiger partial charge in [0.15, 0.2) is 0 Å². The van der Waals surface area contributed by atoms with Crippen molar-refractivity contribution in [2.45, 2.75) is 50.4 Å². The lowest BCUT2D eigenvalue weighted by Gasteiger charge is -2.22. The van der Waals surface area contributed by atoms with E-state index in [1.54, 1.807) is 13.0 Å². The number of aliphatic hydroxyl groups is 1. The van der Waals surface area contributed by atoms with Gasteiger partial charge in [-0.05, 0) is 37.0 Å². The molecule has 1 aromatic rings. The van der Waals surface area contributed by atoms with E-state index in [1.165, 1.54) is 38.2 Å². The number of aliphatic hydroxyl groups excluding tert-OH is 1. The van der Waals surface area contributed by atoms with Gasteiger partial charge in [0, 0.05) is 11.0 Å². The molecule has 0 heterocycles. The maximum atomic E-state index is 13.4. The van der Waals surface area contributed by atoms with Gasteiger partial charge in [-0.2, -0.15) is 11.8 Å². The second kappa shape index (κ2) is 6.58. The van der Waals surface area contributed by atoms with Crippen molar-refractivity contribution in [3.63, 3.8) is 0 Å². The first-order valence-electron chi connectivity index (χ1n) is 6.72. The second-order valence-corrected chi connectivity index (χ2v) is 6.45. The van der Waals surface area contributed by atoms with Crippen molar-refractivity contribution in [1.82, 2.24) is 0 Å². The Morgan fingerprint density at radius 1 is 1.33 bits per heavy atom. The molecule has 0 spiro atoms. The predicted molar refractivity (Wildman–Crippen MR) is 75.4 cm³/mol. The summed E-state index contributed by atoms with van der Waals surface area (Å²) in [4.78, 5) is 0. The molecule has 1 unspecified atom stereocenters. The maximum Gasteiger partial charge on any atom is 0.126 e. The molecule has 1 aliphatic carbocycles. The minimum Gasteiger partial charge on any atom is -0.388 e. The molecule has 0 saturated heterocycles. The first-order valence-corrected chi connectivity index (χ1v) is 7.77. The Balaban J connectivity index is 1.86. The number of benzene rings is 1. The minimum absolute atomic E-state index is 0.228. The highest BCUT2D eigenvalue weighted by Crippen LogP contribution is 2.31. The zero-order chi connectivity index (χ0) is 13.0. The molecule has 1 nitrogen and oxygen atoms in total. The molecule has 0 radical (unpaired) electrons. The molecule has 0 aliphatic heterocycles. The average molecular weight is 268 g/mol. The first-order chi connectivity index (χ1) is 8.66. The molecule has 0 amide bonds. The van der Waals surface area contributed by atoms with Crippen molar-refractivity contribution < 1.29 is 9.50 Å². The lowest BCUT2D eigenvalue weighted by molar-refractivity contribution is 0.203. The molecule has 100 valence electrons. The van der Waals surface area contributed by atoms with Crippen molar-refractivity contribution in [3.05, 3.63) is 35.1 Å². The molecule has 2 rings (SSSR count). The number of halogens is 1. The van der Waals surface area contributed by atoms with Crippen LogP contribution in [0.1, 0.15) is 49.3 Å². The van der Waals surface area contributed by atoms with Crippen molar-refractivity contribution in [2.75, 3.05) is 5.75 Å². The summed E-state index contributed by atoms with van der Waals surface area (Å²) < 4.78 is 13.4. The van der Waals surface area contributed by atoms with Gasteiger partial charge in [-0.1, -0.05) is 31.4 Å². The van der Waals surface area contributed by atoms with Crippen molar-refractivity contribution >= 4 is 11.8 Å². The summed E-state index contributed by atoms with van der Waals surface area (Å²) in [6, 6.07) is 5.02. The molecular formula is C15H21FOS. The fourth-order valence-electron chi connectivity index (χ4n) is 2.37. The highest BCUT2D eigenvalue weighted by atomic mass is 32.2. The zero-order valence-corrected chi connectivity index (χ0v) is 11.7. The van der Waals surface area contributed by atoms with Crippen molar-refractivity contribution in [1.29, 1.82) is 0 Å². The van der Waals surface area contributed by atoms with Gasteiger partial charge in [-0.3, -0.25) is 0 Å². The Bertz CT molecular complexity index is 388. The van der Waals surface area contributed by atoms with Crippen LogP contribution >= 0.6 is 11.8 Å². The third-order valence-corrected chi connectivity index (χ3v) is 5.07. The van der Waals surface area contributed by atoms with E-state index in [-0.39, 0.29) is 5.82 Å². The maximum absolute atomic E-state index is 13.4. The van der Waals surface area contributed by atoms with Gasteiger partial charge in [-0.25, -0.2) is 4.39 Å². The summed E-state index contributed by atoms with van der Waals surface area (Å²) in [7, 11) is 0. The fraction of sp³-hybridized carbons (Fsp3) is 0.600. The zero-order valence-electron chi connectivity index (χ0n) is 10.9. The fourth-order valence-corrected chi connectivity index (χ4v) is 3.69. The largest absolute Gasteiger partial charge is 0.388 e. The van der Waals surface area contributed by atoms with Gasteiger partial charge >= 0.3 is 0 Å². The molecular weight excluding hydrogens is 247 g/mol. The Morgan fingerprint density at radius 3 is 2.72 bits per heavy atom. The van der Waals surface area contributed by atoms with Gasteiger partial charge in [0.25, 0.3) is 0 Å². The van der Waals surface area contributed by atoms with Crippen LogP contribution in [0.4, 0.5) is 4.39 Å². The van der Waals surface area contributed by atoms with Crippen LogP contribution < -0.4 is 0 Å². The van der Waals surface area contributed by atoms with E-state index in [1.807, 2.05) is 17.8 Å². The van der Waals surface area contributed by atoms with Crippen molar-refractivity contribution in [2.24, 2.45) is 0 Å². The van der Waals surface area contributed by atoms with E-state index in [4.69, 9.17) is 0 Å². The number of aryl methyl sites for hydroxylation is 1. The normalized spacial score (nSPS) is 18.8. The van der Waals surface area contributed by atoms with Gasteiger partial charge < -0.3 is 5.11 Å². The lowest BCUT2D eigenvalue weighted by atomic mass is 10.0. The van der Waals surface area contributed by atoms with Crippen LogP contribution in [0.15, 0.2) is 18.2 Å². The Kier molecular flexibility index (Phi) is 5.07.